The summed E-state index contributed by atoms with van der Waals surface area (Å²) >= 11 is 0. The van der Waals surface area contributed by atoms with Gasteiger partial charge in [-0.15, -0.1) is 0 Å². The Morgan fingerprint density at radius 1 is 1.40 bits per heavy atom. The number of carbonyl (C=O) groups excluding carboxylic acids is 1. The van der Waals surface area contributed by atoms with E-state index in [1.807, 2.05) is 6.20 Å². The SMILES string of the molecule is COC(=O)N1CCC[C@H](c2nccn2CC2CCC2)C1. The lowest BCUT2D eigenvalue weighted by atomic mass is 9.85. The van der Waals surface area contributed by atoms with E-state index in [0.29, 0.717) is 5.92 Å². The van der Waals surface area contributed by atoms with Gasteiger partial charge in [0.15, 0.2) is 0 Å². The second-order valence-electron chi connectivity index (χ2n) is 5.99. The summed E-state index contributed by atoms with van der Waals surface area (Å²) in [5.41, 5.74) is 0. The molecule has 2 heterocycles. The molecule has 110 valence electrons. The molecule has 5 heteroatoms. The lowest BCUT2D eigenvalue weighted by molar-refractivity contribution is 0.109. The summed E-state index contributed by atoms with van der Waals surface area (Å²) in [5, 5.41) is 0. The van der Waals surface area contributed by atoms with Gasteiger partial charge in [0.1, 0.15) is 5.82 Å². The Labute approximate surface area is 119 Å². The summed E-state index contributed by atoms with van der Waals surface area (Å²) in [6.07, 6.45) is 9.95. The number of nitrogens with zero attached hydrogens (tertiary/aromatic N) is 3. The Balaban J connectivity index is 1.68. The number of hydrogen-bond donors (Lipinski definition) is 0. The Hall–Kier alpha value is -1.52. The van der Waals surface area contributed by atoms with Gasteiger partial charge in [-0.05, 0) is 31.6 Å². The molecule has 0 spiro atoms. The molecule has 20 heavy (non-hydrogen) atoms. The van der Waals surface area contributed by atoms with Gasteiger partial charge in [-0.25, -0.2) is 9.78 Å². The van der Waals surface area contributed by atoms with Crippen LogP contribution in [0.2, 0.25) is 0 Å². The predicted molar refractivity (Wildman–Crippen MR) is 75.5 cm³/mol. The van der Waals surface area contributed by atoms with Gasteiger partial charge in [-0.3, -0.25) is 0 Å². The van der Waals surface area contributed by atoms with Crippen LogP contribution in [-0.2, 0) is 11.3 Å². The first-order chi connectivity index (χ1) is 9.78. The van der Waals surface area contributed by atoms with E-state index < -0.39 is 0 Å². The van der Waals surface area contributed by atoms with Crippen LogP contribution in [0, 0.1) is 5.92 Å². The Kier molecular flexibility index (Phi) is 3.94. The molecule has 0 N–H and O–H groups in total. The summed E-state index contributed by atoms with van der Waals surface area (Å²) < 4.78 is 7.14. The number of aromatic nitrogens is 2. The van der Waals surface area contributed by atoms with Gasteiger partial charge < -0.3 is 14.2 Å². The molecule has 0 bridgehead atoms. The molecule has 2 fully saturated rings. The van der Waals surface area contributed by atoms with Crippen LogP contribution < -0.4 is 0 Å². The molecule has 1 amide bonds. The van der Waals surface area contributed by atoms with Crippen molar-refractivity contribution in [1.29, 1.82) is 0 Å². The lowest BCUT2D eigenvalue weighted by Crippen LogP contribution is -2.39. The fraction of sp³-hybridized carbons (Fsp3) is 0.733. The first-order valence-electron chi connectivity index (χ1n) is 7.62. The van der Waals surface area contributed by atoms with Crippen molar-refractivity contribution in [1.82, 2.24) is 14.5 Å². The van der Waals surface area contributed by atoms with E-state index in [2.05, 4.69) is 15.7 Å². The molecule has 0 unspecified atom stereocenters. The summed E-state index contributed by atoms with van der Waals surface area (Å²) in [6, 6.07) is 0. The van der Waals surface area contributed by atoms with Crippen LogP contribution >= 0.6 is 0 Å². The Morgan fingerprint density at radius 2 is 2.25 bits per heavy atom. The maximum Gasteiger partial charge on any atom is 0.409 e. The second-order valence-corrected chi connectivity index (χ2v) is 5.99. The maximum atomic E-state index is 11.7. The van der Waals surface area contributed by atoms with Crippen molar-refractivity contribution in [3.8, 4) is 0 Å². The van der Waals surface area contributed by atoms with Crippen molar-refractivity contribution in [3.63, 3.8) is 0 Å². The van der Waals surface area contributed by atoms with Gasteiger partial charge in [0.2, 0.25) is 0 Å². The van der Waals surface area contributed by atoms with Crippen molar-refractivity contribution in [2.45, 2.75) is 44.6 Å². The topological polar surface area (TPSA) is 47.4 Å². The van der Waals surface area contributed by atoms with Gasteiger partial charge >= 0.3 is 6.09 Å². The zero-order valence-electron chi connectivity index (χ0n) is 12.1. The molecule has 1 aliphatic carbocycles. The summed E-state index contributed by atoms with van der Waals surface area (Å²) in [7, 11) is 1.45. The van der Waals surface area contributed by atoms with E-state index in [4.69, 9.17) is 4.74 Å². The molecule has 2 aliphatic rings. The van der Waals surface area contributed by atoms with Gasteiger partial charge in [-0.2, -0.15) is 0 Å². The minimum absolute atomic E-state index is 0.216. The molecule has 0 radical (unpaired) electrons. The summed E-state index contributed by atoms with van der Waals surface area (Å²) in [4.78, 5) is 18.0. The molecule has 1 aliphatic heterocycles. The molecule has 1 saturated carbocycles. The van der Waals surface area contributed by atoms with Gasteiger partial charge in [0.05, 0.1) is 7.11 Å². The van der Waals surface area contributed by atoms with Crippen LogP contribution in [-0.4, -0.2) is 40.7 Å². The fourth-order valence-corrected chi connectivity index (χ4v) is 3.27. The third-order valence-corrected chi connectivity index (χ3v) is 4.65. The highest BCUT2D eigenvalue weighted by molar-refractivity contribution is 5.67. The number of amides is 1. The highest BCUT2D eigenvalue weighted by Gasteiger charge is 2.28. The van der Waals surface area contributed by atoms with Gasteiger partial charge in [0.25, 0.3) is 0 Å². The minimum atomic E-state index is -0.216. The largest absolute Gasteiger partial charge is 0.453 e. The monoisotopic (exact) mass is 277 g/mol. The average Bonchev–Trinajstić information content (AvgIpc) is 2.90. The molecular weight excluding hydrogens is 254 g/mol. The van der Waals surface area contributed by atoms with Gasteiger partial charge in [-0.1, -0.05) is 6.42 Å². The number of likely N-dealkylation sites (tertiary alicyclic amines) is 1. The van der Waals surface area contributed by atoms with E-state index >= 15 is 0 Å². The predicted octanol–water partition coefficient (Wildman–Crippen LogP) is 2.63. The molecule has 1 aromatic heterocycles. The zero-order chi connectivity index (χ0) is 13.9. The molecule has 1 aromatic rings. The second kappa shape index (κ2) is 5.85. The molecule has 5 nitrogen and oxygen atoms in total. The standard InChI is InChI=1S/C15H23N3O2/c1-20-15(19)18-8-3-6-13(11-18)14-16-7-9-17(14)10-12-4-2-5-12/h7,9,12-13H,2-6,8,10-11H2,1H3/t13-/m0/s1. The lowest BCUT2D eigenvalue weighted by Gasteiger charge is -2.32. The number of methoxy groups -OCH3 is 1. The van der Waals surface area contributed by atoms with Crippen LogP contribution in [0.3, 0.4) is 0 Å². The van der Waals surface area contributed by atoms with Crippen molar-refractivity contribution >= 4 is 6.09 Å². The number of hydrogen-bond acceptors (Lipinski definition) is 3. The van der Waals surface area contributed by atoms with Crippen molar-refractivity contribution < 1.29 is 9.53 Å². The van der Waals surface area contributed by atoms with Crippen LogP contribution in [0.25, 0.3) is 0 Å². The quantitative estimate of drug-likeness (QED) is 0.853. The van der Waals surface area contributed by atoms with Crippen LogP contribution in [0.15, 0.2) is 12.4 Å². The van der Waals surface area contributed by atoms with E-state index in [-0.39, 0.29) is 6.09 Å². The van der Waals surface area contributed by atoms with E-state index in [0.717, 1.165) is 44.2 Å². The van der Waals surface area contributed by atoms with E-state index in [1.54, 1.807) is 4.90 Å². The number of imidazole rings is 1. The van der Waals surface area contributed by atoms with Crippen molar-refractivity contribution in [2.24, 2.45) is 5.92 Å². The number of piperidine rings is 1. The molecule has 3 rings (SSSR count). The fourth-order valence-electron chi connectivity index (χ4n) is 3.27. The van der Waals surface area contributed by atoms with Crippen LogP contribution in [0.1, 0.15) is 43.8 Å². The molecule has 1 atom stereocenters. The van der Waals surface area contributed by atoms with Crippen LogP contribution in [0.4, 0.5) is 4.79 Å². The Morgan fingerprint density at radius 3 is 2.95 bits per heavy atom. The molecule has 1 saturated heterocycles. The highest BCUT2D eigenvalue weighted by atomic mass is 16.5. The number of rotatable bonds is 3. The zero-order valence-corrected chi connectivity index (χ0v) is 12.1. The van der Waals surface area contributed by atoms with E-state index in [1.165, 1.54) is 26.4 Å². The first-order valence-corrected chi connectivity index (χ1v) is 7.62. The Bertz CT molecular complexity index is 467. The first kappa shape index (κ1) is 13.5. The molecular formula is C15H23N3O2. The summed E-state index contributed by atoms with van der Waals surface area (Å²) in [6.45, 7) is 2.62. The third-order valence-electron chi connectivity index (χ3n) is 4.65. The molecule has 0 aromatic carbocycles. The minimum Gasteiger partial charge on any atom is -0.453 e. The van der Waals surface area contributed by atoms with Crippen molar-refractivity contribution in [2.75, 3.05) is 20.2 Å². The van der Waals surface area contributed by atoms with Crippen LogP contribution in [0.5, 0.6) is 0 Å². The van der Waals surface area contributed by atoms with E-state index in [9.17, 15) is 4.79 Å². The summed E-state index contributed by atoms with van der Waals surface area (Å²) in [5.74, 6) is 2.31. The highest BCUT2D eigenvalue weighted by Crippen LogP contribution is 2.31. The van der Waals surface area contributed by atoms with Gasteiger partial charge in [0, 0.05) is 37.9 Å². The normalized spacial score (nSPS) is 23.4. The number of ether oxygens (including phenoxy) is 1. The number of carbonyl (C=O) groups is 1. The maximum absolute atomic E-state index is 11.7. The van der Waals surface area contributed by atoms with Crippen molar-refractivity contribution in [3.05, 3.63) is 18.2 Å². The average molecular weight is 277 g/mol. The smallest absolute Gasteiger partial charge is 0.409 e. The third kappa shape index (κ3) is 2.67.